The van der Waals surface area contributed by atoms with Crippen LogP contribution in [0.5, 0.6) is 5.75 Å². The van der Waals surface area contributed by atoms with Crippen LogP contribution in [-0.4, -0.2) is 36.2 Å². The van der Waals surface area contributed by atoms with Crippen LogP contribution in [0.1, 0.15) is 18.4 Å². The number of carbonyl (C=O) groups is 1. The maximum Gasteiger partial charge on any atom is 0.308 e. The molecule has 114 valence electrons. The molecule has 2 aliphatic rings. The SMILES string of the molecule is COc1ccc(CN2C[C@H](C(=O)O)[C@@H](C3CC3)C2)cc1Cl. The molecule has 0 aromatic heterocycles. The van der Waals surface area contributed by atoms with Gasteiger partial charge in [-0.3, -0.25) is 9.69 Å². The van der Waals surface area contributed by atoms with E-state index in [2.05, 4.69) is 4.90 Å². The van der Waals surface area contributed by atoms with Gasteiger partial charge < -0.3 is 9.84 Å². The van der Waals surface area contributed by atoms with Crippen LogP contribution < -0.4 is 4.74 Å². The number of rotatable bonds is 5. The zero-order valence-corrected chi connectivity index (χ0v) is 12.8. The second-order valence-corrected chi connectivity index (χ2v) is 6.52. The molecule has 1 saturated carbocycles. The number of nitrogens with zero attached hydrogens (tertiary/aromatic N) is 1. The van der Waals surface area contributed by atoms with Crippen molar-refractivity contribution in [3.8, 4) is 5.75 Å². The van der Waals surface area contributed by atoms with Crippen molar-refractivity contribution in [2.24, 2.45) is 17.8 Å². The molecule has 0 bridgehead atoms. The van der Waals surface area contributed by atoms with E-state index < -0.39 is 5.97 Å². The van der Waals surface area contributed by atoms with E-state index in [1.165, 1.54) is 12.8 Å². The lowest BCUT2D eigenvalue weighted by Crippen LogP contribution is -2.24. The van der Waals surface area contributed by atoms with Gasteiger partial charge >= 0.3 is 5.97 Å². The lowest BCUT2D eigenvalue weighted by atomic mass is 9.92. The third-order valence-electron chi connectivity index (χ3n) is 4.61. The second-order valence-electron chi connectivity index (χ2n) is 6.11. The zero-order chi connectivity index (χ0) is 15.0. The van der Waals surface area contributed by atoms with Crippen molar-refractivity contribution in [1.82, 2.24) is 4.90 Å². The highest BCUT2D eigenvalue weighted by atomic mass is 35.5. The van der Waals surface area contributed by atoms with E-state index in [0.717, 1.165) is 18.7 Å². The van der Waals surface area contributed by atoms with Gasteiger partial charge in [-0.05, 0) is 42.4 Å². The molecule has 4 nitrogen and oxygen atoms in total. The Kier molecular flexibility index (Phi) is 4.09. The van der Waals surface area contributed by atoms with Gasteiger partial charge in [-0.15, -0.1) is 0 Å². The molecule has 0 unspecified atom stereocenters. The molecule has 1 aromatic rings. The Hall–Kier alpha value is -1.26. The summed E-state index contributed by atoms with van der Waals surface area (Å²) in [7, 11) is 1.60. The summed E-state index contributed by atoms with van der Waals surface area (Å²) in [6.07, 6.45) is 2.38. The first kappa shape index (κ1) is 14.7. The summed E-state index contributed by atoms with van der Waals surface area (Å²) in [5.74, 6) is 0.737. The number of aliphatic carboxylic acids is 1. The number of carboxylic acid groups (broad SMARTS) is 1. The Bertz CT molecular complexity index is 544. The van der Waals surface area contributed by atoms with Crippen LogP contribution in [0.3, 0.4) is 0 Å². The number of ether oxygens (including phenoxy) is 1. The molecule has 1 aromatic carbocycles. The van der Waals surface area contributed by atoms with Crippen LogP contribution >= 0.6 is 11.6 Å². The first-order valence-corrected chi connectivity index (χ1v) is 7.74. The molecule has 1 aliphatic heterocycles. The summed E-state index contributed by atoms with van der Waals surface area (Å²) < 4.78 is 5.15. The number of hydrogen-bond acceptors (Lipinski definition) is 3. The van der Waals surface area contributed by atoms with Crippen molar-refractivity contribution >= 4 is 17.6 Å². The highest BCUT2D eigenvalue weighted by Crippen LogP contribution is 2.44. The van der Waals surface area contributed by atoms with Crippen LogP contribution in [0.2, 0.25) is 5.02 Å². The van der Waals surface area contributed by atoms with Gasteiger partial charge in [-0.25, -0.2) is 0 Å². The maximum atomic E-state index is 11.4. The van der Waals surface area contributed by atoms with Gasteiger partial charge in [0.1, 0.15) is 5.75 Å². The van der Waals surface area contributed by atoms with Gasteiger partial charge in [0.25, 0.3) is 0 Å². The minimum atomic E-state index is -0.651. The van der Waals surface area contributed by atoms with E-state index in [0.29, 0.717) is 29.2 Å². The minimum Gasteiger partial charge on any atom is -0.495 e. The second kappa shape index (κ2) is 5.85. The molecule has 2 atom stereocenters. The third-order valence-corrected chi connectivity index (χ3v) is 4.90. The molecule has 21 heavy (non-hydrogen) atoms. The lowest BCUT2D eigenvalue weighted by Gasteiger charge is -2.16. The highest BCUT2D eigenvalue weighted by Gasteiger charge is 2.45. The normalized spacial score (nSPS) is 26.0. The number of hydrogen-bond donors (Lipinski definition) is 1. The zero-order valence-electron chi connectivity index (χ0n) is 12.1. The summed E-state index contributed by atoms with van der Waals surface area (Å²) in [5, 5.41) is 9.99. The third kappa shape index (κ3) is 3.16. The Morgan fingerprint density at radius 1 is 1.43 bits per heavy atom. The molecule has 1 heterocycles. The average molecular weight is 310 g/mol. The predicted octanol–water partition coefficient (Wildman–Crippen LogP) is 2.89. The molecular formula is C16H20ClNO3. The van der Waals surface area contributed by atoms with Crippen molar-refractivity contribution < 1.29 is 14.6 Å². The Labute approximate surface area is 129 Å². The molecule has 0 amide bonds. The quantitative estimate of drug-likeness (QED) is 0.908. The molecular weight excluding hydrogens is 290 g/mol. The van der Waals surface area contributed by atoms with Crippen LogP contribution in [0.25, 0.3) is 0 Å². The summed E-state index contributed by atoms with van der Waals surface area (Å²) in [5.41, 5.74) is 1.10. The molecule has 0 radical (unpaired) electrons. The van der Waals surface area contributed by atoms with Crippen molar-refractivity contribution in [2.75, 3.05) is 20.2 Å². The molecule has 1 saturated heterocycles. The van der Waals surface area contributed by atoms with Gasteiger partial charge in [0.15, 0.2) is 0 Å². The first-order chi connectivity index (χ1) is 10.1. The number of benzene rings is 1. The number of likely N-dealkylation sites (tertiary alicyclic amines) is 1. The number of methoxy groups -OCH3 is 1. The summed E-state index contributed by atoms with van der Waals surface area (Å²) in [6, 6.07) is 5.76. The molecule has 1 aliphatic carbocycles. The van der Waals surface area contributed by atoms with Gasteiger partial charge in [-0.1, -0.05) is 17.7 Å². The Morgan fingerprint density at radius 3 is 2.76 bits per heavy atom. The minimum absolute atomic E-state index is 0.216. The van der Waals surface area contributed by atoms with Crippen LogP contribution in [0, 0.1) is 17.8 Å². The van der Waals surface area contributed by atoms with Gasteiger partial charge in [0.05, 0.1) is 18.1 Å². The standard InChI is InChI=1S/C16H20ClNO3/c1-21-15-5-2-10(6-14(15)17)7-18-8-12(11-3-4-11)13(9-18)16(19)20/h2,5-6,11-13H,3-4,7-9H2,1H3,(H,19,20)/t12-,13+/m1/s1. The van der Waals surface area contributed by atoms with Gasteiger partial charge in [0.2, 0.25) is 0 Å². The average Bonchev–Trinajstić information content (AvgIpc) is 3.20. The summed E-state index contributed by atoms with van der Waals surface area (Å²) in [4.78, 5) is 13.7. The lowest BCUT2D eigenvalue weighted by molar-refractivity contribution is -0.142. The van der Waals surface area contributed by atoms with E-state index in [1.807, 2.05) is 18.2 Å². The van der Waals surface area contributed by atoms with E-state index in [9.17, 15) is 9.90 Å². The van der Waals surface area contributed by atoms with Gasteiger partial charge in [-0.2, -0.15) is 0 Å². The van der Waals surface area contributed by atoms with Crippen LogP contribution in [0.15, 0.2) is 18.2 Å². The molecule has 1 N–H and O–H groups in total. The number of halogens is 1. The van der Waals surface area contributed by atoms with E-state index in [-0.39, 0.29) is 5.92 Å². The highest BCUT2D eigenvalue weighted by molar-refractivity contribution is 6.32. The molecule has 5 heteroatoms. The molecule has 0 spiro atoms. The van der Waals surface area contributed by atoms with Crippen molar-refractivity contribution in [1.29, 1.82) is 0 Å². The molecule has 2 fully saturated rings. The van der Waals surface area contributed by atoms with Crippen LogP contribution in [-0.2, 0) is 11.3 Å². The van der Waals surface area contributed by atoms with Crippen molar-refractivity contribution in [3.63, 3.8) is 0 Å². The predicted molar refractivity (Wildman–Crippen MR) is 80.6 cm³/mol. The maximum absolute atomic E-state index is 11.4. The van der Waals surface area contributed by atoms with Crippen molar-refractivity contribution in [3.05, 3.63) is 28.8 Å². The van der Waals surface area contributed by atoms with Gasteiger partial charge in [0, 0.05) is 19.6 Å². The van der Waals surface area contributed by atoms with E-state index in [1.54, 1.807) is 7.11 Å². The monoisotopic (exact) mass is 309 g/mol. The van der Waals surface area contributed by atoms with E-state index >= 15 is 0 Å². The fourth-order valence-electron chi connectivity index (χ4n) is 3.37. The molecule has 3 rings (SSSR count). The fraction of sp³-hybridized carbons (Fsp3) is 0.562. The smallest absolute Gasteiger partial charge is 0.308 e. The van der Waals surface area contributed by atoms with E-state index in [4.69, 9.17) is 16.3 Å². The Morgan fingerprint density at radius 2 is 2.19 bits per heavy atom. The number of carboxylic acids is 1. The Balaban J connectivity index is 1.68. The fourth-order valence-corrected chi connectivity index (χ4v) is 3.65. The largest absolute Gasteiger partial charge is 0.495 e. The topological polar surface area (TPSA) is 49.8 Å². The first-order valence-electron chi connectivity index (χ1n) is 7.36. The summed E-state index contributed by atoms with van der Waals surface area (Å²) in [6.45, 7) is 2.27. The van der Waals surface area contributed by atoms with Crippen molar-refractivity contribution in [2.45, 2.75) is 19.4 Å². The van der Waals surface area contributed by atoms with Crippen LogP contribution in [0.4, 0.5) is 0 Å². The summed E-state index contributed by atoms with van der Waals surface area (Å²) >= 11 is 6.15.